The number of aromatic nitrogens is 2. The molecule has 0 aromatic carbocycles. The van der Waals surface area contributed by atoms with E-state index in [9.17, 15) is 4.79 Å². The lowest BCUT2D eigenvalue weighted by molar-refractivity contribution is -0.136. The van der Waals surface area contributed by atoms with E-state index in [1.54, 1.807) is 6.92 Å². The summed E-state index contributed by atoms with van der Waals surface area (Å²) in [6.45, 7) is 1.81. The average Bonchev–Trinajstić information content (AvgIpc) is 2.16. The number of hydrogen-bond donors (Lipinski definition) is 1. The van der Waals surface area contributed by atoms with Crippen LogP contribution in [0.3, 0.4) is 0 Å². The minimum absolute atomic E-state index is 0.386. The molecule has 0 amide bonds. The van der Waals surface area contributed by atoms with E-state index in [2.05, 4.69) is 9.97 Å². The van der Waals surface area contributed by atoms with E-state index >= 15 is 0 Å². The summed E-state index contributed by atoms with van der Waals surface area (Å²) in [5.41, 5.74) is 0. The van der Waals surface area contributed by atoms with Crippen molar-refractivity contribution >= 4 is 29.3 Å². The number of halogens is 1. The molecule has 0 aliphatic carbocycles. The summed E-state index contributed by atoms with van der Waals surface area (Å²) in [7, 11) is 0. The first-order chi connectivity index (χ1) is 6.65. The van der Waals surface area contributed by atoms with E-state index in [1.807, 2.05) is 0 Å². The Hall–Kier alpha value is -0.810. The highest BCUT2D eigenvalue weighted by Gasteiger charge is 2.18. The van der Waals surface area contributed by atoms with Crippen LogP contribution in [-0.4, -0.2) is 26.3 Å². The molecule has 0 spiro atoms. The molecule has 0 saturated carbocycles. The van der Waals surface area contributed by atoms with Gasteiger partial charge in [-0.1, -0.05) is 30.3 Å². The molecule has 0 fully saturated rings. The van der Waals surface area contributed by atoms with Crippen molar-refractivity contribution < 1.29 is 9.90 Å². The second-order valence-corrected chi connectivity index (χ2v) is 4.13. The maximum Gasteiger partial charge on any atom is 0.317 e. The van der Waals surface area contributed by atoms with Crippen molar-refractivity contribution in [3.05, 3.63) is 17.5 Å². The number of nitrogens with zero attached hydrogens (tertiary/aromatic N) is 2. The van der Waals surface area contributed by atoms with Crippen LogP contribution in [0.2, 0.25) is 5.02 Å². The Balaban J connectivity index is 2.77. The molecule has 1 aromatic heterocycles. The van der Waals surface area contributed by atoms with Gasteiger partial charge in [0.1, 0.15) is 16.6 Å². The van der Waals surface area contributed by atoms with Crippen LogP contribution in [0, 0.1) is 0 Å². The topological polar surface area (TPSA) is 63.1 Å². The van der Waals surface area contributed by atoms with E-state index in [-0.39, 0.29) is 0 Å². The molecule has 1 rings (SSSR count). The Kier molecular flexibility index (Phi) is 4.16. The van der Waals surface area contributed by atoms with E-state index in [4.69, 9.17) is 16.7 Å². The highest BCUT2D eigenvalue weighted by Crippen LogP contribution is 2.28. The fourth-order valence-corrected chi connectivity index (χ4v) is 1.88. The number of carboxylic acids is 1. The van der Waals surface area contributed by atoms with Crippen LogP contribution in [0.25, 0.3) is 0 Å². The number of carbonyl (C=O) groups is 1. The van der Waals surface area contributed by atoms with Gasteiger partial charge in [-0.05, 0) is 6.42 Å². The van der Waals surface area contributed by atoms with Crippen molar-refractivity contribution in [3.63, 3.8) is 0 Å². The molecule has 6 heteroatoms. The first kappa shape index (κ1) is 11.3. The highest BCUT2D eigenvalue weighted by atomic mass is 35.5. The summed E-state index contributed by atoms with van der Waals surface area (Å²) >= 11 is 6.93. The Morgan fingerprint density at radius 3 is 3.00 bits per heavy atom. The molecule has 0 aliphatic heterocycles. The lowest BCUT2D eigenvalue weighted by atomic mass is 10.3. The monoisotopic (exact) mass is 232 g/mol. The van der Waals surface area contributed by atoms with Crippen molar-refractivity contribution in [2.45, 2.75) is 23.6 Å². The van der Waals surface area contributed by atoms with Crippen LogP contribution in [0.5, 0.6) is 0 Å². The van der Waals surface area contributed by atoms with Crippen LogP contribution in [0.4, 0.5) is 0 Å². The molecule has 14 heavy (non-hydrogen) atoms. The molecule has 1 N–H and O–H groups in total. The third kappa shape index (κ3) is 2.85. The maximum atomic E-state index is 10.7. The smallest absolute Gasteiger partial charge is 0.317 e. The van der Waals surface area contributed by atoms with E-state index < -0.39 is 11.2 Å². The third-order valence-electron chi connectivity index (χ3n) is 1.53. The molecule has 0 aliphatic rings. The number of hydrogen-bond acceptors (Lipinski definition) is 4. The van der Waals surface area contributed by atoms with Gasteiger partial charge < -0.3 is 5.11 Å². The molecule has 1 atom stereocenters. The summed E-state index contributed by atoms with van der Waals surface area (Å²) in [4.78, 5) is 18.4. The second kappa shape index (κ2) is 5.17. The van der Waals surface area contributed by atoms with Gasteiger partial charge >= 0.3 is 5.97 Å². The Labute approximate surface area is 90.7 Å². The zero-order valence-electron chi connectivity index (χ0n) is 7.48. The molecule has 1 unspecified atom stereocenters. The largest absolute Gasteiger partial charge is 0.480 e. The van der Waals surface area contributed by atoms with Gasteiger partial charge in [0.05, 0.1) is 11.2 Å². The summed E-state index contributed by atoms with van der Waals surface area (Å²) in [5, 5.41) is 9.20. The van der Waals surface area contributed by atoms with E-state index in [1.165, 1.54) is 12.5 Å². The molecular weight excluding hydrogens is 224 g/mol. The standard InChI is InChI=1S/C8H9ClN2O2S/c1-2-6(8(12)13)14-7-5(9)3-10-4-11-7/h3-4,6H,2H2,1H3,(H,12,13). The number of thioether (sulfide) groups is 1. The summed E-state index contributed by atoms with van der Waals surface area (Å²) in [6.07, 6.45) is 3.33. The van der Waals surface area contributed by atoms with Crippen LogP contribution in [0.15, 0.2) is 17.6 Å². The van der Waals surface area contributed by atoms with Crippen molar-refractivity contribution in [3.8, 4) is 0 Å². The lowest BCUT2D eigenvalue weighted by Gasteiger charge is -2.08. The quantitative estimate of drug-likeness (QED) is 0.636. The van der Waals surface area contributed by atoms with E-state index in [0.29, 0.717) is 16.5 Å². The fraction of sp³-hybridized carbons (Fsp3) is 0.375. The molecular formula is C8H9ClN2O2S. The van der Waals surface area contributed by atoms with Gasteiger partial charge in [0.2, 0.25) is 0 Å². The second-order valence-electron chi connectivity index (χ2n) is 2.53. The van der Waals surface area contributed by atoms with Crippen molar-refractivity contribution in [2.75, 3.05) is 0 Å². The number of rotatable bonds is 4. The maximum absolute atomic E-state index is 10.7. The molecule has 1 heterocycles. The highest BCUT2D eigenvalue weighted by molar-refractivity contribution is 8.00. The van der Waals surface area contributed by atoms with Gasteiger partial charge in [-0.25, -0.2) is 9.97 Å². The van der Waals surface area contributed by atoms with Crippen molar-refractivity contribution in [1.82, 2.24) is 9.97 Å². The predicted molar refractivity (Wildman–Crippen MR) is 54.6 cm³/mol. The first-order valence-corrected chi connectivity index (χ1v) is 5.26. The number of aliphatic carboxylic acids is 1. The fourth-order valence-electron chi connectivity index (χ4n) is 0.831. The van der Waals surface area contributed by atoms with Crippen LogP contribution >= 0.6 is 23.4 Å². The van der Waals surface area contributed by atoms with Crippen molar-refractivity contribution in [1.29, 1.82) is 0 Å². The van der Waals surface area contributed by atoms with Crippen LogP contribution < -0.4 is 0 Å². The normalized spacial score (nSPS) is 12.4. The average molecular weight is 233 g/mol. The van der Waals surface area contributed by atoms with Crippen molar-refractivity contribution in [2.24, 2.45) is 0 Å². The van der Waals surface area contributed by atoms with E-state index in [0.717, 1.165) is 11.8 Å². The zero-order valence-corrected chi connectivity index (χ0v) is 9.05. The minimum Gasteiger partial charge on any atom is -0.480 e. The SMILES string of the molecule is CCC(Sc1ncncc1Cl)C(=O)O. The zero-order chi connectivity index (χ0) is 10.6. The molecule has 76 valence electrons. The van der Waals surface area contributed by atoms with Gasteiger partial charge in [-0.3, -0.25) is 4.79 Å². The molecule has 4 nitrogen and oxygen atoms in total. The third-order valence-corrected chi connectivity index (χ3v) is 3.29. The van der Waals surface area contributed by atoms with Gasteiger partial charge in [0.15, 0.2) is 0 Å². The van der Waals surface area contributed by atoms with Gasteiger partial charge in [0, 0.05) is 0 Å². The molecule has 0 radical (unpaired) electrons. The van der Waals surface area contributed by atoms with Crippen LogP contribution in [-0.2, 0) is 4.79 Å². The number of carboxylic acid groups (broad SMARTS) is 1. The summed E-state index contributed by atoms with van der Waals surface area (Å²) in [6, 6.07) is 0. The summed E-state index contributed by atoms with van der Waals surface area (Å²) < 4.78 is 0. The van der Waals surface area contributed by atoms with Gasteiger partial charge in [-0.2, -0.15) is 0 Å². The molecule has 0 bridgehead atoms. The minimum atomic E-state index is -0.854. The van der Waals surface area contributed by atoms with Crippen LogP contribution in [0.1, 0.15) is 13.3 Å². The molecule has 1 aromatic rings. The lowest BCUT2D eigenvalue weighted by Crippen LogP contribution is -2.15. The van der Waals surface area contributed by atoms with Gasteiger partial charge in [-0.15, -0.1) is 0 Å². The first-order valence-electron chi connectivity index (χ1n) is 4.00. The Bertz CT molecular complexity index is 335. The summed E-state index contributed by atoms with van der Waals surface area (Å²) in [5.74, 6) is -0.854. The predicted octanol–water partition coefficient (Wildman–Crippen LogP) is 2.09. The Morgan fingerprint density at radius 2 is 2.50 bits per heavy atom. The van der Waals surface area contributed by atoms with Gasteiger partial charge in [0.25, 0.3) is 0 Å². The Morgan fingerprint density at radius 1 is 1.79 bits per heavy atom. The molecule has 0 saturated heterocycles.